The molecular weight excluding hydrogens is 357 g/mol. The molecule has 0 saturated heterocycles. The molecule has 0 spiro atoms. The van der Waals surface area contributed by atoms with Crippen molar-refractivity contribution in [2.24, 2.45) is 13.0 Å². The van der Waals surface area contributed by atoms with Crippen LogP contribution in [0.2, 0.25) is 0 Å². The van der Waals surface area contributed by atoms with Crippen molar-refractivity contribution in [3.8, 4) is 0 Å². The van der Waals surface area contributed by atoms with Gasteiger partial charge in [0.1, 0.15) is 5.82 Å². The van der Waals surface area contributed by atoms with E-state index in [1.54, 1.807) is 18.2 Å². The molecule has 0 unspecified atom stereocenters. The fraction of sp³-hybridized carbons (Fsp3) is 0.545. The molecule has 2 heterocycles. The topological polar surface area (TPSA) is 47.4 Å². The molecule has 1 amide bonds. The van der Waals surface area contributed by atoms with E-state index in [4.69, 9.17) is 4.74 Å². The second kappa shape index (κ2) is 8.43. The summed E-state index contributed by atoms with van der Waals surface area (Å²) in [5.41, 5.74) is 3.67. The number of hydrogen-bond acceptors (Lipinski definition) is 3. The Morgan fingerprint density at radius 1 is 1.25 bits per heavy atom. The number of ether oxygens (including phenoxy) is 1. The van der Waals surface area contributed by atoms with Gasteiger partial charge >= 0.3 is 0 Å². The molecule has 1 aromatic heterocycles. The largest absolute Gasteiger partial charge is 0.370 e. The van der Waals surface area contributed by atoms with Gasteiger partial charge in [0.15, 0.2) is 0 Å². The van der Waals surface area contributed by atoms with E-state index in [0.717, 1.165) is 24.2 Å². The fourth-order valence-corrected chi connectivity index (χ4v) is 4.46. The first kappa shape index (κ1) is 19.1. The SMILES string of the molecule is Cn1nc(COCc2ccccc2F)c2c1CCN(C(=O)CC1CCCC1)C2. The maximum Gasteiger partial charge on any atom is 0.223 e. The molecule has 1 aliphatic heterocycles. The van der Waals surface area contributed by atoms with Crippen molar-refractivity contribution in [1.29, 1.82) is 0 Å². The van der Waals surface area contributed by atoms with E-state index in [1.807, 2.05) is 16.6 Å². The highest BCUT2D eigenvalue weighted by Crippen LogP contribution is 2.30. The molecule has 0 bridgehead atoms. The summed E-state index contributed by atoms with van der Waals surface area (Å²) in [6.07, 6.45) is 6.39. The lowest BCUT2D eigenvalue weighted by atomic mass is 10.0. The number of rotatable bonds is 6. The molecule has 1 aromatic carbocycles. The maximum atomic E-state index is 13.8. The molecule has 150 valence electrons. The van der Waals surface area contributed by atoms with Crippen LogP contribution in [0.1, 0.15) is 54.6 Å². The van der Waals surface area contributed by atoms with Crippen molar-refractivity contribution in [3.05, 3.63) is 52.6 Å². The molecule has 4 rings (SSSR count). The highest BCUT2D eigenvalue weighted by molar-refractivity contribution is 5.76. The first-order valence-corrected chi connectivity index (χ1v) is 10.2. The third-order valence-electron chi connectivity index (χ3n) is 6.07. The van der Waals surface area contributed by atoms with Crippen molar-refractivity contribution >= 4 is 5.91 Å². The van der Waals surface area contributed by atoms with Gasteiger partial charge in [-0.15, -0.1) is 0 Å². The minimum atomic E-state index is -0.255. The van der Waals surface area contributed by atoms with Crippen LogP contribution in [0.4, 0.5) is 4.39 Å². The first-order chi connectivity index (χ1) is 13.6. The van der Waals surface area contributed by atoms with E-state index >= 15 is 0 Å². The van der Waals surface area contributed by atoms with Crippen LogP contribution in [0.15, 0.2) is 24.3 Å². The third-order valence-corrected chi connectivity index (χ3v) is 6.07. The van der Waals surface area contributed by atoms with Gasteiger partial charge in [-0.25, -0.2) is 4.39 Å². The minimum Gasteiger partial charge on any atom is -0.370 e. The van der Waals surface area contributed by atoms with Crippen LogP contribution >= 0.6 is 0 Å². The van der Waals surface area contributed by atoms with E-state index in [1.165, 1.54) is 37.4 Å². The van der Waals surface area contributed by atoms with E-state index < -0.39 is 0 Å². The van der Waals surface area contributed by atoms with Crippen LogP contribution in [0.25, 0.3) is 0 Å². The molecule has 1 saturated carbocycles. The predicted molar refractivity (Wildman–Crippen MR) is 104 cm³/mol. The molecule has 0 atom stereocenters. The lowest BCUT2D eigenvalue weighted by Crippen LogP contribution is -2.37. The van der Waals surface area contributed by atoms with Gasteiger partial charge in [0.2, 0.25) is 5.91 Å². The zero-order valence-electron chi connectivity index (χ0n) is 16.5. The number of benzene rings is 1. The number of carbonyl (C=O) groups excluding carboxylic acids is 1. The molecule has 1 aliphatic carbocycles. The van der Waals surface area contributed by atoms with Gasteiger partial charge in [-0.1, -0.05) is 31.0 Å². The Balaban J connectivity index is 1.39. The minimum absolute atomic E-state index is 0.211. The summed E-state index contributed by atoms with van der Waals surface area (Å²) >= 11 is 0. The Morgan fingerprint density at radius 2 is 2.04 bits per heavy atom. The summed E-state index contributed by atoms with van der Waals surface area (Å²) in [6, 6.07) is 6.64. The van der Waals surface area contributed by atoms with Gasteiger partial charge < -0.3 is 9.64 Å². The molecular formula is C22H28FN3O2. The Kier molecular flexibility index (Phi) is 5.76. The third kappa shape index (κ3) is 4.12. The van der Waals surface area contributed by atoms with Crippen LogP contribution in [-0.2, 0) is 42.8 Å². The molecule has 2 aliphatic rings. The second-order valence-electron chi connectivity index (χ2n) is 8.00. The van der Waals surface area contributed by atoms with Crippen molar-refractivity contribution in [3.63, 3.8) is 0 Å². The van der Waals surface area contributed by atoms with Gasteiger partial charge in [0.25, 0.3) is 0 Å². The van der Waals surface area contributed by atoms with Crippen LogP contribution < -0.4 is 0 Å². The number of fused-ring (bicyclic) bond motifs is 1. The highest BCUT2D eigenvalue weighted by atomic mass is 19.1. The maximum absolute atomic E-state index is 13.8. The summed E-state index contributed by atoms with van der Waals surface area (Å²) in [5.74, 6) is 0.570. The van der Waals surface area contributed by atoms with E-state index in [-0.39, 0.29) is 18.3 Å². The number of carbonyl (C=O) groups is 1. The quantitative estimate of drug-likeness (QED) is 0.761. The second-order valence-corrected chi connectivity index (χ2v) is 8.00. The van der Waals surface area contributed by atoms with Gasteiger partial charge in [0.05, 0.1) is 18.9 Å². The zero-order valence-corrected chi connectivity index (χ0v) is 16.5. The number of nitrogens with zero attached hydrogens (tertiary/aromatic N) is 3. The summed E-state index contributed by atoms with van der Waals surface area (Å²) in [7, 11) is 1.94. The lowest BCUT2D eigenvalue weighted by molar-refractivity contribution is -0.133. The Bertz CT molecular complexity index is 842. The highest BCUT2D eigenvalue weighted by Gasteiger charge is 2.28. The van der Waals surface area contributed by atoms with Gasteiger partial charge in [-0.3, -0.25) is 9.48 Å². The van der Waals surface area contributed by atoms with Crippen molar-refractivity contribution in [2.75, 3.05) is 6.54 Å². The fourth-order valence-electron chi connectivity index (χ4n) is 4.46. The average Bonchev–Trinajstić information content (AvgIpc) is 3.31. The Morgan fingerprint density at radius 3 is 2.82 bits per heavy atom. The normalized spacial score (nSPS) is 17.1. The average molecular weight is 385 g/mol. The van der Waals surface area contributed by atoms with Crippen LogP contribution in [-0.4, -0.2) is 27.1 Å². The number of amides is 1. The van der Waals surface area contributed by atoms with Crippen molar-refractivity contribution in [1.82, 2.24) is 14.7 Å². The standard InChI is InChI=1S/C22H28FN3O2/c1-25-21-10-11-26(22(27)12-16-6-2-3-7-16)13-18(21)20(24-25)15-28-14-17-8-4-5-9-19(17)23/h4-5,8-9,16H,2-3,6-7,10-15H2,1H3. The van der Waals surface area contributed by atoms with Crippen molar-refractivity contribution in [2.45, 2.75) is 58.3 Å². The molecule has 5 nitrogen and oxygen atoms in total. The molecule has 2 aromatic rings. The van der Waals surface area contributed by atoms with Crippen LogP contribution in [0, 0.1) is 11.7 Å². The van der Waals surface area contributed by atoms with Gasteiger partial charge in [-0.05, 0) is 24.8 Å². The van der Waals surface area contributed by atoms with Gasteiger partial charge in [-0.2, -0.15) is 5.10 Å². The summed E-state index contributed by atoms with van der Waals surface area (Å²) in [6.45, 7) is 1.89. The van der Waals surface area contributed by atoms with Crippen molar-refractivity contribution < 1.29 is 13.9 Å². The number of aromatic nitrogens is 2. The Labute approximate surface area is 165 Å². The van der Waals surface area contributed by atoms with Crippen LogP contribution in [0.3, 0.4) is 0 Å². The molecule has 0 N–H and O–H groups in total. The molecule has 0 radical (unpaired) electrons. The van der Waals surface area contributed by atoms with Crippen LogP contribution in [0.5, 0.6) is 0 Å². The Hall–Kier alpha value is -2.21. The predicted octanol–water partition coefficient (Wildman–Crippen LogP) is 3.74. The number of aryl methyl sites for hydroxylation is 1. The first-order valence-electron chi connectivity index (χ1n) is 10.2. The van der Waals surface area contributed by atoms with E-state index in [9.17, 15) is 9.18 Å². The van der Waals surface area contributed by atoms with E-state index in [0.29, 0.717) is 31.1 Å². The lowest BCUT2D eigenvalue weighted by Gasteiger charge is -2.28. The smallest absolute Gasteiger partial charge is 0.223 e. The van der Waals surface area contributed by atoms with Gasteiger partial charge in [0, 0.05) is 49.8 Å². The zero-order chi connectivity index (χ0) is 19.5. The summed E-state index contributed by atoms with van der Waals surface area (Å²) in [4.78, 5) is 14.7. The summed E-state index contributed by atoms with van der Waals surface area (Å²) in [5, 5.41) is 4.60. The van der Waals surface area contributed by atoms with E-state index in [2.05, 4.69) is 5.10 Å². The number of hydrogen-bond donors (Lipinski definition) is 0. The summed E-state index contributed by atoms with van der Waals surface area (Å²) < 4.78 is 21.4. The monoisotopic (exact) mass is 385 g/mol. The molecule has 1 fully saturated rings. The molecule has 28 heavy (non-hydrogen) atoms. The number of halogens is 1. The molecule has 6 heteroatoms.